The van der Waals surface area contributed by atoms with Crippen molar-refractivity contribution in [2.24, 2.45) is 0 Å². The molecule has 1 fully saturated rings. The smallest absolute Gasteiger partial charge is 0.224 e. The Kier molecular flexibility index (Phi) is 5.41. The van der Waals surface area contributed by atoms with Gasteiger partial charge in [0.05, 0.1) is 7.11 Å². The number of rotatable bonds is 5. The van der Waals surface area contributed by atoms with Crippen molar-refractivity contribution < 1.29 is 9.53 Å². The number of fused-ring (bicyclic) bond motifs is 1. The highest BCUT2D eigenvalue weighted by molar-refractivity contribution is 5.76. The quantitative estimate of drug-likeness (QED) is 0.821. The van der Waals surface area contributed by atoms with Crippen LogP contribution < -0.4 is 4.74 Å². The maximum absolute atomic E-state index is 12.6. The lowest BCUT2D eigenvalue weighted by Gasteiger charge is -2.30. The Bertz CT molecular complexity index is 590. The third-order valence-electron chi connectivity index (χ3n) is 5.45. The van der Waals surface area contributed by atoms with Gasteiger partial charge in [-0.15, -0.1) is 0 Å². The van der Waals surface area contributed by atoms with Crippen molar-refractivity contribution in [2.75, 3.05) is 47.4 Å². The second-order valence-corrected chi connectivity index (χ2v) is 7.14. The van der Waals surface area contributed by atoms with Crippen molar-refractivity contribution in [2.45, 2.75) is 31.8 Å². The van der Waals surface area contributed by atoms with Gasteiger partial charge in [-0.1, -0.05) is 6.07 Å². The molecule has 3 rings (SSSR count). The SMILES string of the molecule is COc1ccc2c(c1)CCN(C(=O)CCN(C)C1CCN(C)C1)C2. The highest BCUT2D eigenvalue weighted by atomic mass is 16.5. The van der Waals surface area contributed by atoms with Crippen LogP contribution in [0.1, 0.15) is 24.0 Å². The first-order valence-electron chi connectivity index (χ1n) is 8.89. The average molecular weight is 331 g/mol. The first-order chi connectivity index (χ1) is 11.6. The number of hydrogen-bond donors (Lipinski definition) is 0. The molecule has 0 aromatic heterocycles. The summed E-state index contributed by atoms with van der Waals surface area (Å²) in [6.45, 7) is 4.67. The van der Waals surface area contributed by atoms with Crippen LogP contribution in [0.15, 0.2) is 18.2 Å². The number of benzene rings is 1. The van der Waals surface area contributed by atoms with E-state index in [0.717, 1.165) is 44.9 Å². The van der Waals surface area contributed by atoms with Gasteiger partial charge in [0.2, 0.25) is 5.91 Å². The molecule has 0 spiro atoms. The maximum Gasteiger partial charge on any atom is 0.224 e. The van der Waals surface area contributed by atoms with E-state index in [4.69, 9.17) is 4.74 Å². The largest absolute Gasteiger partial charge is 0.497 e. The summed E-state index contributed by atoms with van der Waals surface area (Å²) in [7, 11) is 6.01. The summed E-state index contributed by atoms with van der Waals surface area (Å²) in [6.07, 6.45) is 2.74. The molecule has 2 aliphatic rings. The molecule has 1 amide bonds. The van der Waals surface area contributed by atoms with Gasteiger partial charge in [0.1, 0.15) is 5.75 Å². The van der Waals surface area contributed by atoms with Crippen LogP contribution in [0.4, 0.5) is 0 Å². The van der Waals surface area contributed by atoms with Crippen LogP contribution >= 0.6 is 0 Å². The molecule has 5 heteroatoms. The predicted molar refractivity (Wildman–Crippen MR) is 95.3 cm³/mol. The summed E-state index contributed by atoms with van der Waals surface area (Å²) < 4.78 is 5.29. The normalized spacial score (nSPS) is 21.2. The lowest BCUT2D eigenvalue weighted by Crippen LogP contribution is -2.40. The Hall–Kier alpha value is -1.59. The molecule has 5 nitrogen and oxygen atoms in total. The Balaban J connectivity index is 1.51. The first kappa shape index (κ1) is 17.2. The molecule has 1 saturated heterocycles. The number of nitrogens with zero attached hydrogens (tertiary/aromatic N) is 3. The Morgan fingerprint density at radius 1 is 1.33 bits per heavy atom. The fraction of sp³-hybridized carbons (Fsp3) is 0.632. The molecule has 0 radical (unpaired) electrons. The zero-order chi connectivity index (χ0) is 17.1. The maximum atomic E-state index is 12.6. The van der Waals surface area contributed by atoms with Crippen LogP contribution in [0.3, 0.4) is 0 Å². The summed E-state index contributed by atoms with van der Waals surface area (Å²) in [6, 6.07) is 6.77. The summed E-state index contributed by atoms with van der Waals surface area (Å²) in [5, 5.41) is 0. The van der Waals surface area contributed by atoms with E-state index in [1.54, 1.807) is 7.11 Å². The molecule has 0 saturated carbocycles. The Morgan fingerprint density at radius 3 is 2.88 bits per heavy atom. The van der Waals surface area contributed by atoms with Crippen molar-refractivity contribution in [1.82, 2.24) is 14.7 Å². The van der Waals surface area contributed by atoms with E-state index in [0.29, 0.717) is 12.5 Å². The molecule has 1 unspecified atom stereocenters. The van der Waals surface area contributed by atoms with E-state index in [1.807, 2.05) is 11.0 Å². The van der Waals surface area contributed by atoms with Crippen molar-refractivity contribution in [3.05, 3.63) is 29.3 Å². The molecule has 0 bridgehead atoms. The number of likely N-dealkylation sites (tertiary alicyclic amines) is 1. The van der Waals surface area contributed by atoms with Crippen molar-refractivity contribution in [3.8, 4) is 5.75 Å². The molecule has 1 aromatic rings. The Morgan fingerprint density at radius 2 is 2.17 bits per heavy atom. The fourth-order valence-electron chi connectivity index (χ4n) is 3.75. The van der Waals surface area contributed by atoms with Gasteiger partial charge in [0, 0.05) is 38.6 Å². The number of methoxy groups -OCH3 is 1. The van der Waals surface area contributed by atoms with E-state index in [-0.39, 0.29) is 5.91 Å². The third kappa shape index (κ3) is 3.90. The van der Waals surface area contributed by atoms with Gasteiger partial charge in [-0.3, -0.25) is 4.79 Å². The van der Waals surface area contributed by atoms with Gasteiger partial charge in [0.25, 0.3) is 0 Å². The van der Waals surface area contributed by atoms with Gasteiger partial charge in [0.15, 0.2) is 0 Å². The minimum atomic E-state index is 0.273. The minimum Gasteiger partial charge on any atom is -0.497 e. The highest BCUT2D eigenvalue weighted by Gasteiger charge is 2.25. The van der Waals surface area contributed by atoms with Crippen LogP contribution in [0.2, 0.25) is 0 Å². The first-order valence-corrected chi connectivity index (χ1v) is 8.89. The van der Waals surface area contributed by atoms with Crippen LogP contribution in [0.5, 0.6) is 5.75 Å². The zero-order valence-corrected chi connectivity index (χ0v) is 15.1. The van der Waals surface area contributed by atoms with Gasteiger partial charge in [-0.05, 0) is 56.7 Å². The summed E-state index contributed by atoms with van der Waals surface area (Å²) in [5.74, 6) is 1.17. The molecule has 2 heterocycles. The van der Waals surface area contributed by atoms with Gasteiger partial charge in [-0.2, -0.15) is 0 Å². The standard InChI is InChI=1S/C19H29N3O2/c1-20-9-7-17(14-20)21(2)10-8-19(23)22-11-6-15-12-18(24-3)5-4-16(15)13-22/h4-5,12,17H,6-11,13-14H2,1-3H3. The lowest BCUT2D eigenvalue weighted by molar-refractivity contribution is -0.132. The molecule has 1 atom stereocenters. The number of carbonyl (C=O) groups excluding carboxylic acids is 1. The van der Waals surface area contributed by atoms with E-state index < -0.39 is 0 Å². The zero-order valence-electron chi connectivity index (χ0n) is 15.1. The van der Waals surface area contributed by atoms with E-state index in [1.165, 1.54) is 17.5 Å². The molecule has 1 aromatic carbocycles. The second kappa shape index (κ2) is 7.53. The monoisotopic (exact) mass is 331 g/mol. The van der Waals surface area contributed by atoms with E-state index >= 15 is 0 Å². The van der Waals surface area contributed by atoms with Gasteiger partial charge in [-0.25, -0.2) is 0 Å². The highest BCUT2D eigenvalue weighted by Crippen LogP contribution is 2.24. The van der Waals surface area contributed by atoms with Gasteiger partial charge < -0.3 is 19.4 Å². The van der Waals surface area contributed by atoms with E-state index in [2.05, 4.69) is 36.0 Å². The topological polar surface area (TPSA) is 36.0 Å². The number of ether oxygens (including phenoxy) is 1. The van der Waals surface area contributed by atoms with E-state index in [9.17, 15) is 4.79 Å². The molecular formula is C19H29N3O2. The number of hydrogen-bond acceptors (Lipinski definition) is 4. The van der Waals surface area contributed by atoms with Crippen molar-refractivity contribution in [3.63, 3.8) is 0 Å². The molecule has 2 aliphatic heterocycles. The average Bonchev–Trinajstić information content (AvgIpc) is 3.04. The molecule has 0 N–H and O–H groups in total. The number of amides is 1. The lowest BCUT2D eigenvalue weighted by atomic mass is 9.99. The summed E-state index contributed by atoms with van der Waals surface area (Å²) in [5.41, 5.74) is 2.56. The van der Waals surface area contributed by atoms with Crippen molar-refractivity contribution >= 4 is 5.91 Å². The van der Waals surface area contributed by atoms with Gasteiger partial charge >= 0.3 is 0 Å². The van der Waals surface area contributed by atoms with Crippen LogP contribution in [-0.2, 0) is 17.8 Å². The summed E-state index contributed by atoms with van der Waals surface area (Å²) in [4.78, 5) is 19.3. The van der Waals surface area contributed by atoms with Crippen molar-refractivity contribution in [1.29, 1.82) is 0 Å². The fourth-order valence-corrected chi connectivity index (χ4v) is 3.75. The second-order valence-electron chi connectivity index (χ2n) is 7.14. The predicted octanol–water partition coefficient (Wildman–Crippen LogP) is 1.61. The molecular weight excluding hydrogens is 302 g/mol. The molecule has 132 valence electrons. The Labute approximate surface area is 145 Å². The number of carbonyl (C=O) groups is 1. The third-order valence-corrected chi connectivity index (χ3v) is 5.45. The molecule has 0 aliphatic carbocycles. The van der Waals surface area contributed by atoms with Crippen LogP contribution in [0.25, 0.3) is 0 Å². The minimum absolute atomic E-state index is 0.273. The van der Waals surface area contributed by atoms with Crippen LogP contribution in [-0.4, -0.2) is 74.0 Å². The summed E-state index contributed by atoms with van der Waals surface area (Å²) >= 11 is 0. The number of likely N-dealkylation sites (N-methyl/N-ethyl adjacent to an activating group) is 2. The molecule has 24 heavy (non-hydrogen) atoms. The van der Waals surface area contributed by atoms with Crippen LogP contribution in [0, 0.1) is 0 Å².